The van der Waals surface area contributed by atoms with Crippen molar-refractivity contribution in [3.8, 4) is 0 Å². The Morgan fingerprint density at radius 3 is 3.04 bits per heavy atom. The first-order valence-electron chi connectivity index (χ1n) is 8.59. The van der Waals surface area contributed by atoms with Crippen molar-refractivity contribution in [2.75, 3.05) is 13.1 Å². The zero-order valence-corrected chi connectivity index (χ0v) is 13.3. The zero-order valence-electron chi connectivity index (χ0n) is 13.3. The number of rotatable bonds is 3. The summed E-state index contributed by atoms with van der Waals surface area (Å²) in [5, 5.41) is 0. The van der Waals surface area contributed by atoms with Gasteiger partial charge in [0.15, 0.2) is 11.5 Å². The number of allylic oxidation sites excluding steroid dienone is 2. The van der Waals surface area contributed by atoms with E-state index in [1.165, 1.54) is 0 Å². The van der Waals surface area contributed by atoms with Crippen LogP contribution in [0.25, 0.3) is 11.1 Å². The molecule has 1 aromatic carbocycles. The summed E-state index contributed by atoms with van der Waals surface area (Å²) in [6.45, 7) is 1.61. The molecule has 2 aliphatic rings. The average molecular weight is 310 g/mol. The Labute approximate surface area is 136 Å². The van der Waals surface area contributed by atoms with Gasteiger partial charge >= 0.3 is 0 Å². The van der Waals surface area contributed by atoms with Crippen molar-refractivity contribution in [1.29, 1.82) is 0 Å². The van der Waals surface area contributed by atoms with Gasteiger partial charge < -0.3 is 9.32 Å². The summed E-state index contributed by atoms with van der Waals surface area (Å²) in [6.07, 6.45) is 9.33. The predicted octanol–water partition coefficient (Wildman–Crippen LogP) is 3.89. The summed E-state index contributed by atoms with van der Waals surface area (Å²) in [6, 6.07) is 7.86. The van der Waals surface area contributed by atoms with Crippen molar-refractivity contribution >= 4 is 17.0 Å². The summed E-state index contributed by atoms with van der Waals surface area (Å²) in [7, 11) is 0. The third-order valence-corrected chi connectivity index (χ3v) is 4.98. The zero-order chi connectivity index (χ0) is 15.6. The molecule has 2 heterocycles. The summed E-state index contributed by atoms with van der Waals surface area (Å²) < 4.78 is 5.91. The number of carbonyl (C=O) groups excluding carboxylic acids is 1. The molecule has 1 saturated heterocycles. The molecular weight excluding hydrogens is 288 g/mol. The molecule has 1 aromatic heterocycles. The largest absolute Gasteiger partial charge is 0.440 e. The lowest BCUT2D eigenvalue weighted by molar-refractivity contribution is -0.133. The van der Waals surface area contributed by atoms with Crippen molar-refractivity contribution in [3.05, 3.63) is 42.3 Å². The number of fused-ring (bicyclic) bond motifs is 1. The van der Waals surface area contributed by atoms with Crippen LogP contribution in [0, 0.1) is 5.92 Å². The van der Waals surface area contributed by atoms with Gasteiger partial charge in [-0.3, -0.25) is 4.79 Å². The van der Waals surface area contributed by atoms with Crippen LogP contribution in [0.1, 0.15) is 43.9 Å². The van der Waals surface area contributed by atoms with Crippen LogP contribution in [-0.4, -0.2) is 28.9 Å². The molecule has 0 bridgehead atoms. The van der Waals surface area contributed by atoms with E-state index in [9.17, 15) is 4.79 Å². The first kappa shape index (κ1) is 14.5. The normalized spacial score (nSPS) is 24.4. The predicted molar refractivity (Wildman–Crippen MR) is 89.0 cm³/mol. The van der Waals surface area contributed by atoms with Crippen molar-refractivity contribution in [3.63, 3.8) is 0 Å². The van der Waals surface area contributed by atoms with E-state index in [4.69, 9.17) is 4.42 Å². The molecule has 1 fully saturated rings. The number of hydrogen-bond acceptors (Lipinski definition) is 3. The number of piperidine rings is 1. The van der Waals surface area contributed by atoms with Crippen LogP contribution < -0.4 is 0 Å². The molecule has 4 rings (SSSR count). The Morgan fingerprint density at radius 1 is 1.30 bits per heavy atom. The number of nitrogens with zero attached hydrogens (tertiary/aromatic N) is 2. The maximum atomic E-state index is 12.5. The van der Waals surface area contributed by atoms with Gasteiger partial charge in [0.1, 0.15) is 5.52 Å². The van der Waals surface area contributed by atoms with Gasteiger partial charge in [-0.25, -0.2) is 4.98 Å². The maximum Gasteiger partial charge on any atom is 0.223 e. The molecule has 4 heteroatoms. The van der Waals surface area contributed by atoms with Gasteiger partial charge in [-0.1, -0.05) is 24.3 Å². The van der Waals surface area contributed by atoms with Crippen molar-refractivity contribution in [2.45, 2.75) is 38.0 Å². The van der Waals surface area contributed by atoms with Gasteiger partial charge in [-0.05, 0) is 43.7 Å². The van der Waals surface area contributed by atoms with Crippen LogP contribution >= 0.6 is 0 Å². The second-order valence-corrected chi connectivity index (χ2v) is 6.67. The molecule has 1 aliphatic carbocycles. The van der Waals surface area contributed by atoms with E-state index < -0.39 is 0 Å². The van der Waals surface area contributed by atoms with Crippen LogP contribution in [0.4, 0.5) is 0 Å². The second-order valence-electron chi connectivity index (χ2n) is 6.67. The van der Waals surface area contributed by atoms with Crippen molar-refractivity contribution < 1.29 is 9.21 Å². The Bertz CT molecular complexity index is 701. The number of para-hydroxylation sites is 2. The van der Waals surface area contributed by atoms with E-state index in [2.05, 4.69) is 17.1 Å². The van der Waals surface area contributed by atoms with Gasteiger partial charge in [-0.15, -0.1) is 0 Å². The Balaban J connectivity index is 1.45. The monoisotopic (exact) mass is 310 g/mol. The average Bonchev–Trinajstić information content (AvgIpc) is 3.24. The highest BCUT2D eigenvalue weighted by Crippen LogP contribution is 2.30. The smallest absolute Gasteiger partial charge is 0.223 e. The Hall–Kier alpha value is -2.10. The molecule has 4 nitrogen and oxygen atoms in total. The number of amides is 1. The molecule has 0 radical (unpaired) electrons. The molecule has 0 spiro atoms. The van der Waals surface area contributed by atoms with Gasteiger partial charge in [0, 0.05) is 19.5 Å². The summed E-state index contributed by atoms with van der Waals surface area (Å²) in [5.41, 5.74) is 1.74. The van der Waals surface area contributed by atoms with Gasteiger partial charge in [-0.2, -0.15) is 0 Å². The SMILES string of the molecule is O=C(C[C@@H]1C=CCC1)N1CCC[C@@H](c2nc3ccccc3o2)C1. The van der Waals surface area contributed by atoms with Gasteiger partial charge in [0.05, 0.1) is 5.92 Å². The third-order valence-electron chi connectivity index (χ3n) is 4.98. The molecule has 1 amide bonds. The van der Waals surface area contributed by atoms with Gasteiger partial charge in [0.25, 0.3) is 0 Å². The molecular formula is C19H22N2O2. The number of hydrogen-bond donors (Lipinski definition) is 0. The number of aromatic nitrogens is 1. The molecule has 23 heavy (non-hydrogen) atoms. The lowest BCUT2D eigenvalue weighted by Gasteiger charge is -2.32. The number of likely N-dealkylation sites (tertiary alicyclic amines) is 1. The minimum absolute atomic E-state index is 0.222. The fourth-order valence-corrected chi connectivity index (χ4v) is 3.69. The quantitative estimate of drug-likeness (QED) is 0.808. The minimum atomic E-state index is 0.222. The van der Waals surface area contributed by atoms with E-state index in [1.807, 2.05) is 29.2 Å². The second kappa shape index (κ2) is 6.19. The standard InChI is InChI=1S/C19H22N2O2/c22-18(12-14-6-1-2-7-14)21-11-5-8-15(13-21)19-20-16-9-3-4-10-17(16)23-19/h1,3-4,6,9-10,14-15H,2,5,7-8,11-13H2/t14-,15-/m1/s1. The first-order chi connectivity index (χ1) is 11.3. The van der Waals surface area contributed by atoms with E-state index in [1.54, 1.807) is 0 Å². The third kappa shape index (κ3) is 3.03. The van der Waals surface area contributed by atoms with Crippen LogP contribution in [0.5, 0.6) is 0 Å². The topological polar surface area (TPSA) is 46.3 Å². The van der Waals surface area contributed by atoms with Crippen molar-refractivity contribution in [1.82, 2.24) is 9.88 Å². The molecule has 120 valence electrons. The molecule has 2 atom stereocenters. The summed E-state index contributed by atoms with van der Waals surface area (Å²) in [5.74, 6) is 1.72. The van der Waals surface area contributed by atoms with Gasteiger partial charge in [0.2, 0.25) is 5.91 Å². The van der Waals surface area contributed by atoms with E-state index in [-0.39, 0.29) is 11.8 Å². The van der Waals surface area contributed by atoms with Crippen LogP contribution in [0.15, 0.2) is 40.8 Å². The Kier molecular flexibility index (Phi) is 3.90. The summed E-state index contributed by atoms with van der Waals surface area (Å²) >= 11 is 0. The first-order valence-corrected chi connectivity index (χ1v) is 8.59. The lowest BCUT2D eigenvalue weighted by atomic mass is 9.96. The highest BCUT2D eigenvalue weighted by atomic mass is 16.3. The molecule has 0 saturated carbocycles. The fraction of sp³-hybridized carbons (Fsp3) is 0.474. The highest BCUT2D eigenvalue weighted by molar-refractivity contribution is 5.77. The lowest BCUT2D eigenvalue weighted by Crippen LogP contribution is -2.39. The maximum absolute atomic E-state index is 12.5. The highest BCUT2D eigenvalue weighted by Gasteiger charge is 2.29. The number of oxazole rings is 1. The van der Waals surface area contributed by atoms with Crippen molar-refractivity contribution in [2.24, 2.45) is 5.92 Å². The molecule has 1 aliphatic heterocycles. The number of carbonyl (C=O) groups is 1. The van der Waals surface area contributed by atoms with E-state index >= 15 is 0 Å². The minimum Gasteiger partial charge on any atom is -0.440 e. The number of benzene rings is 1. The van der Waals surface area contributed by atoms with E-state index in [0.29, 0.717) is 12.3 Å². The Morgan fingerprint density at radius 2 is 2.22 bits per heavy atom. The fourth-order valence-electron chi connectivity index (χ4n) is 3.69. The summed E-state index contributed by atoms with van der Waals surface area (Å²) in [4.78, 5) is 19.2. The molecule has 2 aromatic rings. The van der Waals surface area contributed by atoms with Crippen LogP contribution in [0.3, 0.4) is 0 Å². The molecule has 0 N–H and O–H groups in total. The van der Waals surface area contributed by atoms with Crippen LogP contribution in [-0.2, 0) is 4.79 Å². The molecule has 0 unspecified atom stereocenters. The van der Waals surface area contributed by atoms with Crippen LogP contribution in [0.2, 0.25) is 0 Å². The van der Waals surface area contributed by atoms with E-state index in [0.717, 1.165) is 55.8 Å².